The van der Waals surface area contributed by atoms with Gasteiger partial charge in [0.25, 0.3) is 0 Å². The van der Waals surface area contributed by atoms with Crippen molar-refractivity contribution in [1.82, 2.24) is 5.32 Å². The molecule has 0 atom stereocenters. The molecule has 0 bridgehead atoms. The van der Waals surface area contributed by atoms with Crippen LogP contribution in [-0.2, 0) is 13.0 Å². The van der Waals surface area contributed by atoms with Crippen molar-refractivity contribution in [3.8, 4) is 0 Å². The third-order valence-corrected chi connectivity index (χ3v) is 3.60. The fourth-order valence-electron chi connectivity index (χ4n) is 2.39. The lowest BCUT2D eigenvalue weighted by Crippen LogP contribution is -2.23. The van der Waals surface area contributed by atoms with Gasteiger partial charge < -0.3 is 10.2 Å². The van der Waals surface area contributed by atoms with E-state index >= 15 is 0 Å². The molecule has 0 unspecified atom stereocenters. The summed E-state index contributed by atoms with van der Waals surface area (Å²) in [5, 5.41) is 3.27. The highest BCUT2D eigenvalue weighted by atomic mass is 19.1. The van der Waals surface area contributed by atoms with E-state index in [2.05, 4.69) is 48.5 Å². The number of halogens is 1. The number of nitrogens with one attached hydrogen (secondary N) is 1. The molecule has 21 heavy (non-hydrogen) atoms. The highest BCUT2D eigenvalue weighted by Crippen LogP contribution is 2.21. The topological polar surface area (TPSA) is 15.3 Å². The molecule has 2 aromatic rings. The van der Waals surface area contributed by atoms with E-state index in [1.54, 1.807) is 6.07 Å². The molecular formula is C18H23FN2. The van der Waals surface area contributed by atoms with Crippen molar-refractivity contribution in [2.24, 2.45) is 0 Å². The van der Waals surface area contributed by atoms with Crippen molar-refractivity contribution in [2.45, 2.75) is 19.9 Å². The molecule has 0 aromatic heterocycles. The van der Waals surface area contributed by atoms with Gasteiger partial charge in [-0.2, -0.15) is 0 Å². The van der Waals surface area contributed by atoms with E-state index in [0.717, 1.165) is 30.8 Å². The van der Waals surface area contributed by atoms with Crippen LogP contribution in [-0.4, -0.2) is 20.1 Å². The molecule has 0 fully saturated rings. The summed E-state index contributed by atoms with van der Waals surface area (Å²) in [6, 6.07) is 15.4. The summed E-state index contributed by atoms with van der Waals surface area (Å²) in [6.07, 6.45) is 0.982. The predicted molar refractivity (Wildman–Crippen MR) is 87.2 cm³/mol. The summed E-state index contributed by atoms with van der Waals surface area (Å²) < 4.78 is 13.4. The first-order valence-electron chi connectivity index (χ1n) is 7.45. The van der Waals surface area contributed by atoms with E-state index in [0.29, 0.717) is 6.54 Å². The summed E-state index contributed by atoms with van der Waals surface area (Å²) in [6.45, 7) is 4.54. The number of hydrogen-bond donors (Lipinski definition) is 1. The number of benzene rings is 2. The van der Waals surface area contributed by atoms with Gasteiger partial charge in [0.05, 0.1) is 0 Å². The lowest BCUT2D eigenvalue weighted by atomic mass is 10.1. The Morgan fingerprint density at radius 2 is 1.86 bits per heavy atom. The number of rotatable bonds is 7. The maximum atomic E-state index is 13.4. The molecule has 0 aliphatic rings. The minimum atomic E-state index is -0.178. The van der Waals surface area contributed by atoms with Crippen molar-refractivity contribution in [3.63, 3.8) is 0 Å². The monoisotopic (exact) mass is 286 g/mol. The van der Waals surface area contributed by atoms with E-state index in [9.17, 15) is 4.39 Å². The summed E-state index contributed by atoms with van der Waals surface area (Å²) >= 11 is 0. The van der Waals surface area contributed by atoms with Crippen molar-refractivity contribution in [2.75, 3.05) is 25.0 Å². The van der Waals surface area contributed by atoms with Crippen molar-refractivity contribution >= 4 is 5.69 Å². The zero-order valence-corrected chi connectivity index (χ0v) is 12.8. The molecule has 2 aromatic carbocycles. The van der Waals surface area contributed by atoms with Crippen molar-refractivity contribution < 1.29 is 4.39 Å². The Morgan fingerprint density at radius 1 is 1.10 bits per heavy atom. The molecule has 112 valence electrons. The van der Waals surface area contributed by atoms with Gasteiger partial charge in [-0.25, -0.2) is 4.39 Å². The Kier molecular flexibility index (Phi) is 5.76. The van der Waals surface area contributed by atoms with Gasteiger partial charge in [-0.05, 0) is 42.3 Å². The van der Waals surface area contributed by atoms with E-state index < -0.39 is 0 Å². The van der Waals surface area contributed by atoms with Gasteiger partial charge in [0.2, 0.25) is 0 Å². The highest BCUT2D eigenvalue weighted by Gasteiger charge is 2.08. The number of hydrogen-bond acceptors (Lipinski definition) is 2. The van der Waals surface area contributed by atoms with Crippen LogP contribution in [0.25, 0.3) is 0 Å². The summed E-state index contributed by atoms with van der Waals surface area (Å²) in [5.74, 6) is -0.178. The smallest absolute Gasteiger partial charge is 0.123 e. The molecule has 0 heterocycles. The summed E-state index contributed by atoms with van der Waals surface area (Å²) in [5.41, 5.74) is 3.42. The fraction of sp³-hybridized carbons (Fsp3) is 0.333. The highest BCUT2D eigenvalue weighted by molar-refractivity contribution is 5.53. The van der Waals surface area contributed by atoms with E-state index in [1.165, 1.54) is 11.6 Å². The molecule has 0 radical (unpaired) electrons. The number of anilines is 1. The van der Waals surface area contributed by atoms with Crippen LogP contribution in [0.15, 0.2) is 48.5 Å². The molecule has 2 nitrogen and oxygen atoms in total. The second-order valence-electron chi connectivity index (χ2n) is 5.21. The molecule has 0 aliphatic heterocycles. The molecule has 0 saturated carbocycles. The van der Waals surface area contributed by atoms with Crippen LogP contribution in [0.4, 0.5) is 10.1 Å². The van der Waals surface area contributed by atoms with Crippen LogP contribution < -0.4 is 10.2 Å². The van der Waals surface area contributed by atoms with Crippen LogP contribution in [0, 0.1) is 5.82 Å². The van der Waals surface area contributed by atoms with E-state index in [4.69, 9.17) is 0 Å². The number of likely N-dealkylation sites (N-methyl/N-ethyl adjacent to an activating group) is 1. The quantitative estimate of drug-likeness (QED) is 0.836. The Morgan fingerprint density at radius 3 is 2.57 bits per heavy atom. The predicted octanol–water partition coefficient (Wildman–Crippen LogP) is 3.61. The summed E-state index contributed by atoms with van der Waals surface area (Å²) in [7, 11) is 2.06. The van der Waals surface area contributed by atoms with E-state index in [1.807, 2.05) is 12.1 Å². The Labute approximate surface area is 126 Å². The summed E-state index contributed by atoms with van der Waals surface area (Å²) in [4.78, 5) is 2.19. The van der Waals surface area contributed by atoms with Crippen LogP contribution in [0.3, 0.4) is 0 Å². The zero-order valence-electron chi connectivity index (χ0n) is 12.8. The van der Waals surface area contributed by atoms with Gasteiger partial charge in [0.1, 0.15) is 5.82 Å². The lowest BCUT2D eigenvalue weighted by Gasteiger charge is -2.23. The average Bonchev–Trinajstić information content (AvgIpc) is 2.51. The minimum Gasteiger partial charge on any atom is -0.374 e. The molecule has 0 spiro atoms. The molecule has 0 saturated heterocycles. The van der Waals surface area contributed by atoms with E-state index in [-0.39, 0.29) is 5.82 Å². The molecule has 3 heteroatoms. The third-order valence-electron chi connectivity index (χ3n) is 3.60. The largest absolute Gasteiger partial charge is 0.374 e. The third kappa shape index (κ3) is 4.57. The minimum absolute atomic E-state index is 0.178. The fourth-order valence-corrected chi connectivity index (χ4v) is 2.39. The second-order valence-corrected chi connectivity index (χ2v) is 5.21. The Bertz CT molecular complexity index is 554. The van der Waals surface area contributed by atoms with Gasteiger partial charge in [0, 0.05) is 25.8 Å². The molecule has 2 rings (SSSR count). The van der Waals surface area contributed by atoms with Crippen LogP contribution in [0.2, 0.25) is 0 Å². The molecular weight excluding hydrogens is 263 g/mol. The maximum Gasteiger partial charge on any atom is 0.123 e. The van der Waals surface area contributed by atoms with Gasteiger partial charge >= 0.3 is 0 Å². The van der Waals surface area contributed by atoms with Gasteiger partial charge in [-0.15, -0.1) is 0 Å². The number of nitrogens with zero attached hydrogens (tertiary/aromatic N) is 1. The standard InChI is InChI=1S/C18H23FN2/c1-3-20-14-16-13-17(19)9-10-18(16)21(2)12-11-15-7-5-4-6-8-15/h4-10,13,20H,3,11-12,14H2,1-2H3. The van der Waals surface area contributed by atoms with Gasteiger partial charge in [-0.1, -0.05) is 37.3 Å². The van der Waals surface area contributed by atoms with Crippen molar-refractivity contribution in [3.05, 3.63) is 65.5 Å². The molecule has 0 aliphatic carbocycles. The first kappa shape index (κ1) is 15.5. The second kappa shape index (κ2) is 7.79. The Hall–Kier alpha value is -1.87. The van der Waals surface area contributed by atoms with Crippen molar-refractivity contribution in [1.29, 1.82) is 0 Å². The molecule has 0 amide bonds. The van der Waals surface area contributed by atoms with Crippen LogP contribution in [0.5, 0.6) is 0 Å². The van der Waals surface area contributed by atoms with Crippen LogP contribution in [0.1, 0.15) is 18.1 Å². The first-order valence-corrected chi connectivity index (χ1v) is 7.45. The lowest BCUT2D eigenvalue weighted by molar-refractivity contribution is 0.621. The first-order chi connectivity index (χ1) is 10.2. The maximum absolute atomic E-state index is 13.4. The van der Waals surface area contributed by atoms with Gasteiger partial charge in [-0.3, -0.25) is 0 Å². The SMILES string of the molecule is CCNCc1cc(F)ccc1N(C)CCc1ccccc1. The zero-order chi connectivity index (χ0) is 15.1. The Balaban J connectivity index is 2.05. The average molecular weight is 286 g/mol. The molecule has 1 N–H and O–H groups in total. The normalized spacial score (nSPS) is 10.6. The van der Waals surface area contributed by atoms with Crippen LogP contribution >= 0.6 is 0 Å². The van der Waals surface area contributed by atoms with Gasteiger partial charge in [0.15, 0.2) is 0 Å².